The summed E-state index contributed by atoms with van der Waals surface area (Å²) >= 11 is 1.73. The van der Waals surface area contributed by atoms with Crippen LogP contribution in [0.4, 0.5) is 0 Å². The second-order valence-electron chi connectivity index (χ2n) is 6.35. The number of hydrogen-bond acceptors (Lipinski definition) is 5. The smallest absolute Gasteiger partial charge is 0.191 e. The number of nitrogens with zero attached hydrogens (tertiary/aromatic N) is 4. The summed E-state index contributed by atoms with van der Waals surface area (Å²) in [6, 6.07) is 10.6. The average Bonchev–Trinajstić information content (AvgIpc) is 3.02. The molecule has 6 heteroatoms. The summed E-state index contributed by atoms with van der Waals surface area (Å²) in [5.74, 6) is 1.98. The van der Waals surface area contributed by atoms with Crippen LogP contribution in [0.2, 0.25) is 0 Å². The lowest BCUT2D eigenvalue weighted by Crippen LogP contribution is -2.30. The van der Waals surface area contributed by atoms with Crippen molar-refractivity contribution in [3.63, 3.8) is 0 Å². The van der Waals surface area contributed by atoms with E-state index in [1.54, 1.807) is 11.8 Å². The van der Waals surface area contributed by atoms with Gasteiger partial charge in [0.2, 0.25) is 0 Å². The first-order valence-electron chi connectivity index (χ1n) is 9.25. The normalized spacial score (nSPS) is 15.6. The molecule has 3 rings (SSSR count). The molecule has 0 radical (unpaired) electrons. The molecule has 1 aromatic heterocycles. The van der Waals surface area contributed by atoms with Crippen molar-refractivity contribution in [2.75, 3.05) is 32.1 Å². The topological polar surface area (TPSA) is 43.2 Å². The summed E-state index contributed by atoms with van der Waals surface area (Å²) in [5.41, 5.74) is 1.29. The van der Waals surface area contributed by atoms with Gasteiger partial charge in [0.05, 0.1) is 19.7 Å². The Morgan fingerprint density at radius 3 is 2.60 bits per heavy atom. The highest BCUT2D eigenvalue weighted by atomic mass is 32.2. The van der Waals surface area contributed by atoms with Gasteiger partial charge in [0, 0.05) is 12.4 Å². The van der Waals surface area contributed by atoms with Crippen LogP contribution in [0.25, 0.3) is 0 Å². The molecule has 1 saturated heterocycles. The Hall–Kier alpha value is -1.37. The summed E-state index contributed by atoms with van der Waals surface area (Å²) in [4.78, 5) is 2.50. The van der Waals surface area contributed by atoms with Crippen molar-refractivity contribution in [2.45, 2.75) is 44.4 Å². The fourth-order valence-corrected chi connectivity index (χ4v) is 3.93. The van der Waals surface area contributed by atoms with Crippen LogP contribution < -0.4 is 0 Å². The third-order valence-corrected chi connectivity index (χ3v) is 5.38. The van der Waals surface area contributed by atoms with E-state index in [1.807, 2.05) is 6.92 Å². The van der Waals surface area contributed by atoms with E-state index in [0.717, 1.165) is 43.0 Å². The predicted octanol–water partition coefficient (Wildman–Crippen LogP) is 3.44. The zero-order chi connectivity index (χ0) is 17.3. The van der Waals surface area contributed by atoms with E-state index in [4.69, 9.17) is 4.74 Å². The van der Waals surface area contributed by atoms with Gasteiger partial charge in [-0.3, -0.25) is 4.90 Å². The molecule has 5 nitrogen and oxygen atoms in total. The molecule has 0 spiro atoms. The van der Waals surface area contributed by atoms with Crippen molar-refractivity contribution < 1.29 is 4.74 Å². The minimum Gasteiger partial charge on any atom is -0.381 e. The minimum absolute atomic E-state index is 0.751. The van der Waals surface area contributed by atoms with Crippen LogP contribution in [-0.2, 0) is 17.8 Å². The van der Waals surface area contributed by atoms with Crippen LogP contribution in [0.15, 0.2) is 35.5 Å². The Morgan fingerprint density at radius 2 is 1.84 bits per heavy atom. The van der Waals surface area contributed by atoms with Gasteiger partial charge >= 0.3 is 0 Å². The maximum absolute atomic E-state index is 5.46. The number of ether oxygens (including phenoxy) is 1. The molecule has 0 amide bonds. The van der Waals surface area contributed by atoms with Gasteiger partial charge in [-0.2, -0.15) is 0 Å². The van der Waals surface area contributed by atoms with Crippen LogP contribution in [0.5, 0.6) is 0 Å². The highest BCUT2D eigenvalue weighted by Gasteiger charge is 2.17. The number of piperidine rings is 1. The van der Waals surface area contributed by atoms with Crippen molar-refractivity contribution >= 4 is 11.8 Å². The first kappa shape index (κ1) is 18.4. The Balaban J connectivity index is 1.72. The summed E-state index contributed by atoms with van der Waals surface area (Å²) in [6.45, 7) is 7.60. The minimum atomic E-state index is 0.751. The number of thioether (sulfide) groups is 1. The molecule has 0 unspecified atom stereocenters. The number of rotatable bonds is 9. The van der Waals surface area contributed by atoms with Crippen molar-refractivity contribution in [1.29, 1.82) is 0 Å². The molecule has 25 heavy (non-hydrogen) atoms. The number of hydrogen-bond donors (Lipinski definition) is 0. The lowest BCUT2D eigenvalue weighted by atomic mass is 10.1. The number of likely N-dealkylation sites (tertiary alicyclic amines) is 1. The van der Waals surface area contributed by atoms with E-state index in [9.17, 15) is 0 Å². The van der Waals surface area contributed by atoms with Crippen molar-refractivity contribution in [3.8, 4) is 0 Å². The maximum Gasteiger partial charge on any atom is 0.191 e. The molecule has 0 saturated carbocycles. The first-order chi connectivity index (χ1) is 12.4. The summed E-state index contributed by atoms with van der Waals surface area (Å²) in [5, 5.41) is 9.98. The van der Waals surface area contributed by atoms with Gasteiger partial charge < -0.3 is 9.30 Å². The van der Waals surface area contributed by atoms with E-state index in [-0.39, 0.29) is 0 Å². The fourth-order valence-electron chi connectivity index (χ4n) is 3.12. The molecule has 1 fully saturated rings. The second kappa shape index (κ2) is 9.94. The molecule has 0 aliphatic carbocycles. The van der Waals surface area contributed by atoms with Gasteiger partial charge in [-0.25, -0.2) is 0 Å². The fraction of sp³-hybridized carbons (Fsp3) is 0.579. The van der Waals surface area contributed by atoms with Crippen LogP contribution in [0, 0.1) is 0 Å². The standard InChI is InChI=1S/C19H28N4OS/c1-2-24-13-14-25-19-21-20-18(16-22-11-7-4-8-12-22)23(19)15-17-9-5-3-6-10-17/h3,5-6,9-10H,2,4,7-8,11-16H2,1H3. The Labute approximate surface area is 154 Å². The average molecular weight is 361 g/mol. The van der Waals surface area contributed by atoms with Gasteiger partial charge in [0.15, 0.2) is 5.16 Å². The SMILES string of the molecule is CCOCCSc1nnc(CN2CCCCC2)n1Cc1ccccc1. The molecule has 0 atom stereocenters. The predicted molar refractivity (Wildman–Crippen MR) is 102 cm³/mol. The Kier molecular flexibility index (Phi) is 7.33. The van der Waals surface area contributed by atoms with Gasteiger partial charge in [0.1, 0.15) is 5.82 Å². The monoisotopic (exact) mass is 360 g/mol. The molecule has 0 N–H and O–H groups in total. The molecular weight excluding hydrogens is 332 g/mol. The lowest BCUT2D eigenvalue weighted by molar-refractivity contribution is 0.164. The molecule has 1 aromatic carbocycles. The van der Waals surface area contributed by atoms with E-state index >= 15 is 0 Å². The highest BCUT2D eigenvalue weighted by molar-refractivity contribution is 7.99. The van der Waals surface area contributed by atoms with Crippen LogP contribution in [-0.4, -0.2) is 51.7 Å². The maximum atomic E-state index is 5.46. The van der Waals surface area contributed by atoms with Crippen molar-refractivity contribution in [1.82, 2.24) is 19.7 Å². The third-order valence-electron chi connectivity index (χ3n) is 4.45. The van der Waals surface area contributed by atoms with Crippen molar-refractivity contribution in [2.24, 2.45) is 0 Å². The highest BCUT2D eigenvalue weighted by Crippen LogP contribution is 2.20. The Morgan fingerprint density at radius 1 is 1.04 bits per heavy atom. The largest absolute Gasteiger partial charge is 0.381 e. The van der Waals surface area contributed by atoms with Crippen molar-refractivity contribution in [3.05, 3.63) is 41.7 Å². The van der Waals surface area contributed by atoms with Crippen LogP contribution in [0.3, 0.4) is 0 Å². The number of benzene rings is 1. The summed E-state index contributed by atoms with van der Waals surface area (Å²) in [6.07, 6.45) is 3.94. The first-order valence-corrected chi connectivity index (χ1v) is 10.2. The molecule has 2 aromatic rings. The van der Waals surface area contributed by atoms with Gasteiger partial charge in [-0.1, -0.05) is 48.5 Å². The lowest BCUT2D eigenvalue weighted by Gasteiger charge is -2.26. The van der Waals surface area contributed by atoms with E-state index < -0.39 is 0 Å². The molecule has 136 valence electrons. The van der Waals surface area contributed by atoms with E-state index in [2.05, 4.69) is 50.0 Å². The summed E-state index contributed by atoms with van der Waals surface area (Å²) in [7, 11) is 0. The van der Waals surface area contributed by atoms with Gasteiger partial charge in [0.25, 0.3) is 0 Å². The zero-order valence-electron chi connectivity index (χ0n) is 15.1. The molecule has 0 bridgehead atoms. The van der Waals surface area contributed by atoms with Crippen LogP contribution >= 0.6 is 11.8 Å². The third kappa shape index (κ3) is 5.56. The molecule has 1 aliphatic rings. The Bertz CT molecular complexity index is 626. The van der Waals surface area contributed by atoms with Gasteiger partial charge in [-0.15, -0.1) is 10.2 Å². The molecule has 1 aliphatic heterocycles. The molecule has 2 heterocycles. The summed E-state index contributed by atoms with van der Waals surface area (Å²) < 4.78 is 7.73. The van der Waals surface area contributed by atoms with E-state index in [0.29, 0.717) is 0 Å². The zero-order valence-corrected chi connectivity index (χ0v) is 15.9. The number of aromatic nitrogens is 3. The van der Waals surface area contributed by atoms with Crippen LogP contribution in [0.1, 0.15) is 37.6 Å². The molecular formula is C19H28N4OS. The van der Waals surface area contributed by atoms with E-state index in [1.165, 1.54) is 37.9 Å². The quantitative estimate of drug-likeness (QED) is 0.506. The second-order valence-corrected chi connectivity index (χ2v) is 7.41. The van der Waals surface area contributed by atoms with Gasteiger partial charge in [-0.05, 0) is 38.4 Å².